The van der Waals surface area contributed by atoms with Crippen molar-refractivity contribution in [1.29, 1.82) is 0 Å². The van der Waals surface area contributed by atoms with Crippen LogP contribution in [0.25, 0.3) is 11.0 Å². The summed E-state index contributed by atoms with van der Waals surface area (Å²) in [6.07, 6.45) is 2.04. The zero-order valence-electron chi connectivity index (χ0n) is 7.93. The molecule has 0 aliphatic rings. The predicted octanol–water partition coefficient (Wildman–Crippen LogP) is 2.84. The lowest BCUT2D eigenvalue weighted by atomic mass is 10.2. The maximum atomic E-state index is 6.13. The second kappa shape index (κ2) is 2.74. The third kappa shape index (κ3) is 1.22. The van der Waals surface area contributed by atoms with Crippen molar-refractivity contribution < 1.29 is 0 Å². The van der Waals surface area contributed by atoms with Crippen LogP contribution in [0.2, 0.25) is 5.02 Å². The lowest BCUT2D eigenvalue weighted by Gasteiger charge is -1.99. The average molecular weight is 195 g/mol. The molecular weight excluding hydrogens is 184 g/mol. The summed E-state index contributed by atoms with van der Waals surface area (Å²) >= 11 is 6.13. The van der Waals surface area contributed by atoms with Gasteiger partial charge < -0.3 is 4.57 Å². The van der Waals surface area contributed by atoms with Crippen LogP contribution in [0.3, 0.4) is 0 Å². The Kier molecular flexibility index (Phi) is 1.81. The Hall–Kier alpha value is -1.02. The first-order valence-corrected chi connectivity index (χ1v) is 4.56. The van der Waals surface area contributed by atoms with Crippen molar-refractivity contribution in [1.82, 2.24) is 9.55 Å². The first kappa shape index (κ1) is 8.57. The Balaban J connectivity index is 2.97. The number of hydrogen-bond acceptors (Lipinski definition) is 1. The Morgan fingerprint density at radius 3 is 2.77 bits per heavy atom. The van der Waals surface area contributed by atoms with Gasteiger partial charge in [0.2, 0.25) is 0 Å². The molecule has 0 saturated carbocycles. The quantitative estimate of drug-likeness (QED) is 0.631. The minimum Gasteiger partial charge on any atom is -0.335 e. The minimum atomic E-state index is 0.792. The normalized spacial score (nSPS) is 11.1. The summed E-state index contributed by atoms with van der Waals surface area (Å²) in [5.74, 6) is 0. The molecule has 2 aromatic heterocycles. The third-order valence-electron chi connectivity index (χ3n) is 2.20. The molecule has 3 heteroatoms. The minimum absolute atomic E-state index is 0.792. The van der Waals surface area contributed by atoms with Crippen LogP contribution in [-0.2, 0) is 7.05 Å². The molecule has 2 heterocycles. The summed E-state index contributed by atoms with van der Waals surface area (Å²) in [6.45, 7) is 4.00. The molecule has 0 bridgehead atoms. The van der Waals surface area contributed by atoms with Crippen LogP contribution in [-0.4, -0.2) is 9.55 Å². The molecule has 2 aromatic rings. The van der Waals surface area contributed by atoms with Crippen LogP contribution in [0, 0.1) is 13.8 Å². The maximum absolute atomic E-state index is 6.13. The van der Waals surface area contributed by atoms with E-state index in [0.29, 0.717) is 0 Å². The highest BCUT2D eigenvalue weighted by molar-refractivity contribution is 6.35. The van der Waals surface area contributed by atoms with E-state index in [0.717, 1.165) is 21.7 Å². The largest absolute Gasteiger partial charge is 0.335 e. The number of halogens is 1. The summed E-state index contributed by atoms with van der Waals surface area (Å²) in [5, 5.41) is 1.86. The zero-order chi connectivity index (χ0) is 9.59. The average Bonchev–Trinajstić information content (AvgIpc) is 2.27. The summed E-state index contributed by atoms with van der Waals surface area (Å²) in [4.78, 5) is 4.44. The highest BCUT2D eigenvalue weighted by Gasteiger charge is 2.08. The molecule has 0 radical (unpaired) electrons. The van der Waals surface area contributed by atoms with E-state index < -0.39 is 0 Å². The second-order valence-corrected chi connectivity index (χ2v) is 3.77. The fourth-order valence-corrected chi connectivity index (χ4v) is 2.05. The monoisotopic (exact) mass is 194 g/mol. The fourth-order valence-electron chi connectivity index (χ4n) is 1.65. The molecule has 0 aromatic carbocycles. The highest BCUT2D eigenvalue weighted by atomic mass is 35.5. The van der Waals surface area contributed by atoms with Crippen molar-refractivity contribution in [2.45, 2.75) is 13.8 Å². The van der Waals surface area contributed by atoms with Gasteiger partial charge in [-0.3, -0.25) is 0 Å². The van der Waals surface area contributed by atoms with Crippen molar-refractivity contribution in [3.63, 3.8) is 0 Å². The molecule has 0 N–H and O–H groups in total. The predicted molar refractivity (Wildman–Crippen MR) is 55.2 cm³/mol. The first-order valence-electron chi connectivity index (χ1n) is 4.18. The van der Waals surface area contributed by atoms with Crippen LogP contribution in [0.1, 0.15) is 11.3 Å². The number of rotatable bonds is 0. The van der Waals surface area contributed by atoms with E-state index in [-0.39, 0.29) is 0 Å². The Morgan fingerprint density at radius 1 is 1.38 bits per heavy atom. The van der Waals surface area contributed by atoms with Crippen molar-refractivity contribution in [3.8, 4) is 0 Å². The van der Waals surface area contributed by atoms with Gasteiger partial charge in [-0.1, -0.05) is 11.6 Å². The Labute approximate surface area is 82.1 Å². The molecule has 0 saturated heterocycles. The molecule has 0 fully saturated rings. The summed E-state index contributed by atoms with van der Waals surface area (Å²) in [6, 6.07) is 1.90. The zero-order valence-corrected chi connectivity index (χ0v) is 8.68. The molecule has 0 spiro atoms. The molecule has 0 amide bonds. The van der Waals surface area contributed by atoms with E-state index in [9.17, 15) is 0 Å². The number of aryl methyl sites for hydroxylation is 3. The number of nitrogens with zero attached hydrogens (tertiary/aromatic N) is 2. The van der Waals surface area contributed by atoms with E-state index in [1.807, 2.05) is 37.7 Å². The second-order valence-electron chi connectivity index (χ2n) is 3.37. The van der Waals surface area contributed by atoms with E-state index in [4.69, 9.17) is 11.6 Å². The van der Waals surface area contributed by atoms with Crippen LogP contribution < -0.4 is 0 Å². The fraction of sp³-hybridized carbons (Fsp3) is 0.300. The van der Waals surface area contributed by atoms with Crippen LogP contribution in [0.5, 0.6) is 0 Å². The van der Waals surface area contributed by atoms with Crippen LogP contribution >= 0.6 is 11.6 Å². The topological polar surface area (TPSA) is 17.8 Å². The molecule has 2 nitrogen and oxygen atoms in total. The molecule has 68 valence electrons. The van der Waals surface area contributed by atoms with Gasteiger partial charge in [-0.05, 0) is 25.5 Å². The molecular formula is C10H11ClN2. The van der Waals surface area contributed by atoms with Gasteiger partial charge in [-0.2, -0.15) is 0 Å². The van der Waals surface area contributed by atoms with Gasteiger partial charge in [-0.15, -0.1) is 0 Å². The van der Waals surface area contributed by atoms with E-state index >= 15 is 0 Å². The van der Waals surface area contributed by atoms with E-state index in [2.05, 4.69) is 4.98 Å². The van der Waals surface area contributed by atoms with Crippen LogP contribution in [0.15, 0.2) is 12.3 Å². The summed E-state index contributed by atoms with van der Waals surface area (Å²) in [5.41, 5.74) is 3.09. The van der Waals surface area contributed by atoms with Gasteiger partial charge in [0.15, 0.2) is 0 Å². The molecule has 0 aliphatic heterocycles. The van der Waals surface area contributed by atoms with Gasteiger partial charge in [0.05, 0.1) is 5.02 Å². The van der Waals surface area contributed by atoms with Gasteiger partial charge in [0.1, 0.15) is 5.65 Å². The number of hydrogen-bond donors (Lipinski definition) is 0. The van der Waals surface area contributed by atoms with Gasteiger partial charge in [0.25, 0.3) is 0 Å². The molecule has 0 aliphatic carbocycles. The number of pyridine rings is 1. The van der Waals surface area contributed by atoms with E-state index in [1.165, 1.54) is 5.56 Å². The number of fused-ring (bicyclic) bond motifs is 1. The Bertz CT molecular complexity index is 471. The van der Waals surface area contributed by atoms with Crippen molar-refractivity contribution in [2.24, 2.45) is 7.05 Å². The van der Waals surface area contributed by atoms with Crippen LogP contribution in [0.4, 0.5) is 0 Å². The maximum Gasteiger partial charge on any atom is 0.141 e. The smallest absolute Gasteiger partial charge is 0.141 e. The molecule has 0 atom stereocenters. The lowest BCUT2D eigenvalue weighted by Crippen LogP contribution is -1.89. The lowest BCUT2D eigenvalue weighted by molar-refractivity contribution is 0.939. The highest BCUT2D eigenvalue weighted by Crippen LogP contribution is 2.26. The van der Waals surface area contributed by atoms with Gasteiger partial charge >= 0.3 is 0 Å². The van der Waals surface area contributed by atoms with Gasteiger partial charge in [0, 0.05) is 24.3 Å². The van der Waals surface area contributed by atoms with Crippen molar-refractivity contribution >= 4 is 22.6 Å². The molecule has 0 unspecified atom stereocenters. The van der Waals surface area contributed by atoms with E-state index in [1.54, 1.807) is 0 Å². The summed E-state index contributed by atoms with van der Waals surface area (Å²) < 4.78 is 2.00. The molecule has 13 heavy (non-hydrogen) atoms. The Morgan fingerprint density at radius 2 is 2.08 bits per heavy atom. The summed E-state index contributed by atoms with van der Waals surface area (Å²) in [7, 11) is 1.98. The third-order valence-corrected chi connectivity index (χ3v) is 2.49. The molecule has 2 rings (SSSR count). The van der Waals surface area contributed by atoms with Crippen molar-refractivity contribution in [3.05, 3.63) is 28.5 Å². The van der Waals surface area contributed by atoms with Gasteiger partial charge in [-0.25, -0.2) is 4.98 Å². The first-order chi connectivity index (χ1) is 6.09. The SMILES string of the molecule is Cc1cc(Cl)c2c(C)cn(C)c2n1. The number of aromatic nitrogens is 2. The standard InChI is InChI=1S/C10H11ClN2/c1-6-5-13(3)10-9(6)8(11)4-7(2)12-10/h4-5H,1-3H3. The van der Waals surface area contributed by atoms with Crippen molar-refractivity contribution in [2.75, 3.05) is 0 Å².